The lowest BCUT2D eigenvalue weighted by atomic mass is 10.1. The quantitative estimate of drug-likeness (QED) is 0.648. The van der Waals surface area contributed by atoms with Crippen LogP contribution in [0.2, 0.25) is 19.1 Å². The third-order valence-electron chi connectivity index (χ3n) is 1.91. The van der Waals surface area contributed by atoms with E-state index in [0.717, 1.165) is 0 Å². The molecule has 1 unspecified atom stereocenters. The van der Waals surface area contributed by atoms with Crippen molar-refractivity contribution in [3.63, 3.8) is 0 Å². The number of hydrogen-bond donors (Lipinski definition) is 0. The van der Waals surface area contributed by atoms with Gasteiger partial charge in [-0.3, -0.25) is 4.98 Å². The highest BCUT2D eigenvalue weighted by Crippen LogP contribution is 2.18. The molecule has 2 heteroatoms. The molecule has 0 saturated heterocycles. The van der Waals surface area contributed by atoms with Gasteiger partial charge in [-0.05, 0) is 18.1 Å². The highest BCUT2D eigenvalue weighted by Gasteiger charge is 2.08. The Bertz CT molecular complexity index is 221. The molecule has 0 fully saturated rings. The minimum atomic E-state index is -0.121. The molecule has 0 aliphatic carbocycles. The van der Waals surface area contributed by atoms with Crippen LogP contribution < -0.4 is 0 Å². The SMILES string of the molecule is CC(C[Si](C)C)c1ccccn1. The summed E-state index contributed by atoms with van der Waals surface area (Å²) < 4.78 is 0. The van der Waals surface area contributed by atoms with Crippen LogP contribution in [0.3, 0.4) is 0 Å². The lowest BCUT2D eigenvalue weighted by Crippen LogP contribution is -2.06. The predicted octanol–water partition coefficient (Wildman–Crippen LogP) is 2.94. The molecule has 0 aliphatic rings. The van der Waals surface area contributed by atoms with Gasteiger partial charge in [-0.25, -0.2) is 0 Å². The Labute approximate surface area is 76.5 Å². The molecule has 12 heavy (non-hydrogen) atoms. The Morgan fingerprint density at radius 3 is 2.67 bits per heavy atom. The second kappa shape index (κ2) is 4.41. The largest absolute Gasteiger partial charge is 0.261 e. The molecule has 0 aliphatic heterocycles. The van der Waals surface area contributed by atoms with Crippen molar-refractivity contribution < 1.29 is 0 Å². The number of pyridine rings is 1. The van der Waals surface area contributed by atoms with E-state index in [1.807, 2.05) is 12.3 Å². The van der Waals surface area contributed by atoms with Crippen LogP contribution in [-0.2, 0) is 0 Å². The van der Waals surface area contributed by atoms with Crippen LogP contribution in [0, 0.1) is 0 Å². The van der Waals surface area contributed by atoms with Gasteiger partial charge in [-0.15, -0.1) is 0 Å². The molecule has 1 rings (SSSR count). The van der Waals surface area contributed by atoms with E-state index in [9.17, 15) is 0 Å². The van der Waals surface area contributed by atoms with Gasteiger partial charge in [0.1, 0.15) is 0 Å². The molecule has 1 aromatic rings. The van der Waals surface area contributed by atoms with Gasteiger partial charge in [0, 0.05) is 20.7 Å². The number of hydrogen-bond acceptors (Lipinski definition) is 1. The molecule has 65 valence electrons. The summed E-state index contributed by atoms with van der Waals surface area (Å²) in [7, 11) is -0.121. The van der Waals surface area contributed by atoms with Crippen LogP contribution in [0.1, 0.15) is 18.5 Å². The number of aromatic nitrogens is 1. The monoisotopic (exact) mass is 178 g/mol. The second-order valence-corrected chi connectivity index (χ2v) is 6.39. The second-order valence-electron chi connectivity index (χ2n) is 3.57. The van der Waals surface area contributed by atoms with Gasteiger partial charge in [0.15, 0.2) is 0 Å². The zero-order chi connectivity index (χ0) is 8.97. The lowest BCUT2D eigenvalue weighted by Gasteiger charge is -2.11. The van der Waals surface area contributed by atoms with Crippen molar-refractivity contribution in [2.75, 3.05) is 0 Å². The topological polar surface area (TPSA) is 12.9 Å². The molecule has 1 aromatic heterocycles. The fourth-order valence-electron chi connectivity index (χ4n) is 1.38. The van der Waals surface area contributed by atoms with E-state index in [0.29, 0.717) is 5.92 Å². The van der Waals surface area contributed by atoms with Crippen molar-refractivity contribution in [1.82, 2.24) is 4.98 Å². The molecular weight excluding hydrogens is 162 g/mol. The Morgan fingerprint density at radius 2 is 2.17 bits per heavy atom. The van der Waals surface area contributed by atoms with Crippen LogP contribution in [-0.4, -0.2) is 13.8 Å². The van der Waals surface area contributed by atoms with Gasteiger partial charge in [0.2, 0.25) is 0 Å². The first-order chi connectivity index (χ1) is 5.70. The maximum atomic E-state index is 4.35. The van der Waals surface area contributed by atoms with Crippen LogP contribution in [0.5, 0.6) is 0 Å². The van der Waals surface area contributed by atoms with Gasteiger partial charge >= 0.3 is 0 Å². The van der Waals surface area contributed by atoms with Crippen LogP contribution in [0.25, 0.3) is 0 Å². The maximum absolute atomic E-state index is 4.35. The first-order valence-electron chi connectivity index (χ1n) is 4.40. The highest BCUT2D eigenvalue weighted by molar-refractivity contribution is 6.55. The summed E-state index contributed by atoms with van der Waals surface area (Å²) in [6, 6.07) is 7.48. The van der Waals surface area contributed by atoms with Crippen molar-refractivity contribution >= 4 is 8.80 Å². The lowest BCUT2D eigenvalue weighted by molar-refractivity contribution is 0.812. The summed E-state index contributed by atoms with van der Waals surface area (Å²) in [4.78, 5) is 4.35. The fraction of sp³-hybridized carbons (Fsp3) is 0.500. The predicted molar refractivity (Wildman–Crippen MR) is 54.9 cm³/mol. The summed E-state index contributed by atoms with van der Waals surface area (Å²) in [5.41, 5.74) is 1.24. The van der Waals surface area contributed by atoms with Gasteiger partial charge in [-0.2, -0.15) is 0 Å². The third-order valence-corrected chi connectivity index (χ3v) is 3.34. The smallest absolute Gasteiger partial charge is 0.0428 e. The maximum Gasteiger partial charge on any atom is 0.0428 e. The summed E-state index contributed by atoms with van der Waals surface area (Å²) in [5, 5.41) is 0. The van der Waals surface area contributed by atoms with Gasteiger partial charge in [0.25, 0.3) is 0 Å². The standard InChI is InChI=1S/C10H16NSi/c1-9(8-12(2)3)10-6-4-5-7-11-10/h4-7,9H,8H2,1-3H3. The van der Waals surface area contributed by atoms with E-state index in [4.69, 9.17) is 0 Å². The van der Waals surface area contributed by atoms with Crippen molar-refractivity contribution in [2.24, 2.45) is 0 Å². The minimum absolute atomic E-state index is 0.121. The highest BCUT2D eigenvalue weighted by atomic mass is 28.3. The van der Waals surface area contributed by atoms with E-state index in [1.54, 1.807) is 0 Å². The third kappa shape index (κ3) is 2.78. The molecule has 1 atom stereocenters. The van der Waals surface area contributed by atoms with Gasteiger partial charge in [-0.1, -0.05) is 32.1 Å². The van der Waals surface area contributed by atoms with Crippen molar-refractivity contribution in [3.05, 3.63) is 30.1 Å². The Kier molecular flexibility index (Phi) is 3.47. The number of nitrogens with zero attached hydrogens (tertiary/aromatic N) is 1. The first kappa shape index (κ1) is 9.45. The average Bonchev–Trinajstić information content (AvgIpc) is 2.05. The van der Waals surface area contributed by atoms with Crippen molar-refractivity contribution in [1.29, 1.82) is 0 Å². The van der Waals surface area contributed by atoms with Crippen LogP contribution in [0.15, 0.2) is 24.4 Å². The van der Waals surface area contributed by atoms with E-state index in [1.165, 1.54) is 11.7 Å². The summed E-state index contributed by atoms with van der Waals surface area (Å²) in [6.07, 6.45) is 1.88. The molecule has 1 heterocycles. The Hall–Kier alpha value is -0.633. The first-order valence-corrected chi connectivity index (χ1v) is 7.11. The van der Waals surface area contributed by atoms with Gasteiger partial charge < -0.3 is 0 Å². The van der Waals surface area contributed by atoms with Crippen molar-refractivity contribution in [3.8, 4) is 0 Å². The average molecular weight is 178 g/mol. The molecular formula is C10H16NSi. The molecule has 1 radical (unpaired) electrons. The molecule has 0 bridgehead atoms. The normalized spacial score (nSPS) is 13.3. The molecule has 1 nitrogen and oxygen atoms in total. The Balaban J connectivity index is 2.59. The van der Waals surface area contributed by atoms with Gasteiger partial charge in [0.05, 0.1) is 0 Å². The fourth-order valence-corrected chi connectivity index (χ4v) is 2.82. The molecule has 0 N–H and O–H groups in total. The van der Waals surface area contributed by atoms with E-state index in [2.05, 4.69) is 37.1 Å². The summed E-state index contributed by atoms with van der Waals surface area (Å²) in [5.74, 6) is 0.634. The summed E-state index contributed by atoms with van der Waals surface area (Å²) >= 11 is 0. The zero-order valence-corrected chi connectivity index (χ0v) is 9.04. The van der Waals surface area contributed by atoms with E-state index in [-0.39, 0.29) is 8.80 Å². The minimum Gasteiger partial charge on any atom is -0.261 e. The molecule has 0 saturated carbocycles. The molecule has 0 spiro atoms. The number of rotatable bonds is 3. The molecule has 0 amide bonds. The Morgan fingerprint density at radius 1 is 1.42 bits per heavy atom. The van der Waals surface area contributed by atoms with Crippen molar-refractivity contribution in [2.45, 2.75) is 32.0 Å². The van der Waals surface area contributed by atoms with E-state index >= 15 is 0 Å². The molecule has 0 aromatic carbocycles. The van der Waals surface area contributed by atoms with Crippen LogP contribution >= 0.6 is 0 Å². The summed E-state index contributed by atoms with van der Waals surface area (Å²) in [6.45, 7) is 6.97. The van der Waals surface area contributed by atoms with Crippen LogP contribution in [0.4, 0.5) is 0 Å². The zero-order valence-electron chi connectivity index (χ0n) is 8.04. The van der Waals surface area contributed by atoms with E-state index < -0.39 is 0 Å².